The summed E-state index contributed by atoms with van der Waals surface area (Å²) < 4.78 is 5.13. The van der Waals surface area contributed by atoms with Crippen molar-refractivity contribution in [3.8, 4) is 5.75 Å². The number of hydrogen-bond donors (Lipinski definition) is 3. The lowest BCUT2D eigenvalue weighted by atomic mass is 9.80. The number of aliphatic hydroxyl groups is 1. The largest absolute Gasteiger partial charge is 0.497 e. The van der Waals surface area contributed by atoms with E-state index in [0.29, 0.717) is 6.54 Å². The van der Waals surface area contributed by atoms with E-state index in [9.17, 15) is 9.90 Å². The molecule has 1 aliphatic carbocycles. The third-order valence-electron chi connectivity index (χ3n) is 4.09. The third-order valence-corrected chi connectivity index (χ3v) is 4.09. The lowest BCUT2D eigenvalue weighted by molar-refractivity contribution is -0.0290. The van der Waals surface area contributed by atoms with Crippen LogP contribution in [0.25, 0.3) is 0 Å². The van der Waals surface area contributed by atoms with Gasteiger partial charge in [0.05, 0.1) is 18.8 Å². The number of ether oxygens (including phenoxy) is 1. The Morgan fingerprint density at radius 2 is 2.05 bits per heavy atom. The highest BCUT2D eigenvalue weighted by atomic mass is 16.5. The Kier molecular flexibility index (Phi) is 5.07. The average Bonchev–Trinajstić information content (AvgIpc) is 2.49. The first-order valence-corrected chi connectivity index (χ1v) is 7.47. The lowest BCUT2D eigenvalue weighted by Crippen LogP contribution is -2.50. The Morgan fingerprint density at radius 3 is 2.52 bits per heavy atom. The predicted octanol–water partition coefficient (Wildman–Crippen LogP) is 2.36. The summed E-state index contributed by atoms with van der Waals surface area (Å²) in [5, 5.41) is 15.7. The van der Waals surface area contributed by atoms with E-state index in [1.165, 1.54) is 0 Å². The molecule has 1 unspecified atom stereocenters. The number of hydrogen-bond acceptors (Lipinski definition) is 3. The number of carbonyl (C=O) groups is 1. The van der Waals surface area contributed by atoms with Crippen molar-refractivity contribution in [1.82, 2.24) is 10.6 Å². The van der Waals surface area contributed by atoms with Crippen LogP contribution in [-0.2, 0) is 0 Å². The Bertz CT molecular complexity index is 469. The van der Waals surface area contributed by atoms with Crippen LogP contribution in [0.2, 0.25) is 0 Å². The molecule has 0 heterocycles. The molecule has 2 rings (SSSR count). The number of urea groups is 1. The smallest absolute Gasteiger partial charge is 0.315 e. The summed E-state index contributed by atoms with van der Waals surface area (Å²) in [5.41, 5.74) is 0.343. The molecule has 1 fully saturated rings. The summed E-state index contributed by atoms with van der Waals surface area (Å²) in [7, 11) is 1.63. The minimum atomic E-state index is -0.695. The van der Waals surface area contributed by atoms with Crippen molar-refractivity contribution >= 4 is 6.03 Å². The molecule has 1 aromatic carbocycles. The summed E-state index contributed by atoms with van der Waals surface area (Å²) >= 11 is 0. The topological polar surface area (TPSA) is 70.6 Å². The fraction of sp³-hybridized carbons (Fsp3) is 0.562. The fourth-order valence-corrected chi connectivity index (χ4v) is 2.47. The second-order valence-electron chi connectivity index (χ2n) is 5.64. The van der Waals surface area contributed by atoms with Gasteiger partial charge in [-0.15, -0.1) is 0 Å². The maximum Gasteiger partial charge on any atom is 0.315 e. The first-order valence-electron chi connectivity index (χ1n) is 7.47. The molecule has 0 spiro atoms. The highest BCUT2D eigenvalue weighted by Gasteiger charge is 2.34. The lowest BCUT2D eigenvalue weighted by Gasteiger charge is -2.36. The standard InChI is InChI=1S/C16H24N2O3/c1-3-14(12-5-7-13(21-2)8-6-12)18-15(19)17-11-16(20)9-4-10-16/h5-8,14,20H,3-4,9-11H2,1-2H3,(H2,17,18,19). The van der Waals surface area contributed by atoms with E-state index in [2.05, 4.69) is 10.6 Å². The molecule has 1 aliphatic rings. The van der Waals surface area contributed by atoms with Gasteiger partial charge in [0.1, 0.15) is 5.75 Å². The van der Waals surface area contributed by atoms with Crippen LogP contribution < -0.4 is 15.4 Å². The second-order valence-corrected chi connectivity index (χ2v) is 5.64. The molecule has 1 aromatic rings. The predicted molar refractivity (Wildman–Crippen MR) is 81.4 cm³/mol. The van der Waals surface area contributed by atoms with Crippen molar-refractivity contribution in [2.45, 2.75) is 44.2 Å². The zero-order valence-corrected chi connectivity index (χ0v) is 12.7. The number of nitrogens with one attached hydrogen (secondary N) is 2. The molecule has 0 aliphatic heterocycles. The van der Waals surface area contributed by atoms with Gasteiger partial charge in [-0.1, -0.05) is 19.1 Å². The van der Waals surface area contributed by atoms with Crippen LogP contribution >= 0.6 is 0 Å². The number of amides is 2. The van der Waals surface area contributed by atoms with E-state index < -0.39 is 5.60 Å². The average molecular weight is 292 g/mol. The first-order chi connectivity index (χ1) is 10.1. The van der Waals surface area contributed by atoms with Crippen LogP contribution in [0.1, 0.15) is 44.2 Å². The molecule has 5 nitrogen and oxygen atoms in total. The Labute approximate surface area is 125 Å². The molecule has 3 N–H and O–H groups in total. The van der Waals surface area contributed by atoms with Crippen LogP contribution in [0, 0.1) is 0 Å². The van der Waals surface area contributed by atoms with Crippen LogP contribution in [0.3, 0.4) is 0 Å². The van der Waals surface area contributed by atoms with Gasteiger partial charge in [0.15, 0.2) is 0 Å². The van der Waals surface area contributed by atoms with Gasteiger partial charge in [0, 0.05) is 6.54 Å². The summed E-state index contributed by atoms with van der Waals surface area (Å²) in [6, 6.07) is 7.38. The van der Waals surface area contributed by atoms with Crippen LogP contribution in [0.15, 0.2) is 24.3 Å². The van der Waals surface area contributed by atoms with Crippen molar-refractivity contribution in [1.29, 1.82) is 0 Å². The zero-order valence-electron chi connectivity index (χ0n) is 12.7. The van der Waals surface area contributed by atoms with Gasteiger partial charge in [-0.2, -0.15) is 0 Å². The number of rotatable bonds is 6. The highest BCUT2D eigenvalue weighted by molar-refractivity contribution is 5.74. The molecule has 0 bridgehead atoms. The van der Waals surface area contributed by atoms with Crippen molar-refractivity contribution in [3.05, 3.63) is 29.8 Å². The zero-order chi connectivity index (χ0) is 15.3. The van der Waals surface area contributed by atoms with Gasteiger partial charge in [-0.25, -0.2) is 4.79 Å². The number of carbonyl (C=O) groups excluding carboxylic acids is 1. The van der Waals surface area contributed by atoms with Crippen molar-refractivity contribution in [2.24, 2.45) is 0 Å². The van der Waals surface area contributed by atoms with Crippen molar-refractivity contribution < 1.29 is 14.6 Å². The maximum atomic E-state index is 11.9. The van der Waals surface area contributed by atoms with Crippen LogP contribution in [0.4, 0.5) is 4.79 Å². The van der Waals surface area contributed by atoms with Gasteiger partial charge in [-0.3, -0.25) is 0 Å². The first kappa shape index (κ1) is 15.6. The van der Waals surface area contributed by atoms with E-state index in [1.54, 1.807) is 7.11 Å². The molecule has 0 radical (unpaired) electrons. The summed E-state index contributed by atoms with van der Waals surface area (Å²) in [6.45, 7) is 2.34. The second kappa shape index (κ2) is 6.80. The third kappa shape index (κ3) is 4.11. The fourth-order valence-electron chi connectivity index (χ4n) is 2.47. The molecule has 21 heavy (non-hydrogen) atoms. The van der Waals surface area contributed by atoms with E-state index >= 15 is 0 Å². The molecule has 0 aromatic heterocycles. The molecule has 2 amide bonds. The quantitative estimate of drug-likeness (QED) is 0.754. The molecule has 116 valence electrons. The van der Waals surface area contributed by atoms with E-state index in [-0.39, 0.29) is 12.1 Å². The molecule has 1 atom stereocenters. The molecule has 0 saturated heterocycles. The maximum absolute atomic E-state index is 11.9. The SMILES string of the molecule is CCC(NC(=O)NCC1(O)CCC1)c1ccc(OC)cc1. The van der Waals surface area contributed by atoms with E-state index in [1.807, 2.05) is 31.2 Å². The summed E-state index contributed by atoms with van der Waals surface area (Å²) in [4.78, 5) is 11.9. The highest BCUT2D eigenvalue weighted by Crippen LogP contribution is 2.30. The Hall–Kier alpha value is -1.75. The monoisotopic (exact) mass is 292 g/mol. The Balaban J connectivity index is 1.86. The molecular weight excluding hydrogens is 268 g/mol. The van der Waals surface area contributed by atoms with E-state index in [0.717, 1.165) is 37.0 Å². The van der Waals surface area contributed by atoms with Gasteiger partial charge in [0.25, 0.3) is 0 Å². The molecular formula is C16H24N2O3. The minimum Gasteiger partial charge on any atom is -0.497 e. The van der Waals surface area contributed by atoms with Gasteiger partial charge in [-0.05, 0) is 43.4 Å². The van der Waals surface area contributed by atoms with Gasteiger partial charge < -0.3 is 20.5 Å². The van der Waals surface area contributed by atoms with E-state index in [4.69, 9.17) is 4.74 Å². The Morgan fingerprint density at radius 1 is 1.38 bits per heavy atom. The number of benzene rings is 1. The summed E-state index contributed by atoms with van der Waals surface area (Å²) in [6.07, 6.45) is 3.36. The minimum absolute atomic E-state index is 0.0491. The van der Waals surface area contributed by atoms with Crippen LogP contribution in [-0.4, -0.2) is 30.4 Å². The van der Waals surface area contributed by atoms with Crippen molar-refractivity contribution in [3.63, 3.8) is 0 Å². The number of methoxy groups -OCH3 is 1. The molecule has 5 heteroatoms. The van der Waals surface area contributed by atoms with Gasteiger partial charge >= 0.3 is 6.03 Å². The molecule has 1 saturated carbocycles. The van der Waals surface area contributed by atoms with Gasteiger partial charge in [0.2, 0.25) is 0 Å². The summed E-state index contributed by atoms with van der Waals surface area (Å²) in [5.74, 6) is 0.797. The van der Waals surface area contributed by atoms with Crippen molar-refractivity contribution in [2.75, 3.05) is 13.7 Å². The normalized spacial score (nSPS) is 17.5. The van der Waals surface area contributed by atoms with Crippen LogP contribution in [0.5, 0.6) is 5.75 Å².